The molecule has 0 saturated heterocycles. The Balaban J connectivity index is 1.77. The van der Waals surface area contributed by atoms with Gasteiger partial charge in [-0.1, -0.05) is 24.6 Å². The molecule has 2 aromatic rings. The normalized spacial score (nSPS) is 18.9. The summed E-state index contributed by atoms with van der Waals surface area (Å²) >= 11 is 0. The first-order valence-electron chi connectivity index (χ1n) is 11.2. The summed E-state index contributed by atoms with van der Waals surface area (Å²) in [7, 11) is -1.42. The van der Waals surface area contributed by atoms with E-state index < -0.39 is 16.9 Å². The van der Waals surface area contributed by atoms with E-state index in [4.69, 9.17) is 4.74 Å². The van der Waals surface area contributed by atoms with Gasteiger partial charge in [0, 0.05) is 11.8 Å². The molecular formula is C25H30FNO3S. The molecule has 0 bridgehead atoms. The average molecular weight is 444 g/mol. The van der Waals surface area contributed by atoms with Gasteiger partial charge in [0.2, 0.25) is 5.91 Å². The van der Waals surface area contributed by atoms with E-state index in [1.54, 1.807) is 13.0 Å². The monoisotopic (exact) mass is 443 g/mol. The summed E-state index contributed by atoms with van der Waals surface area (Å²) < 4.78 is 35.2. The van der Waals surface area contributed by atoms with Crippen molar-refractivity contribution in [2.45, 2.75) is 69.8 Å². The van der Waals surface area contributed by atoms with Gasteiger partial charge < -0.3 is 4.74 Å². The fourth-order valence-corrected chi connectivity index (χ4v) is 5.04. The van der Waals surface area contributed by atoms with Gasteiger partial charge in [-0.25, -0.2) is 8.60 Å². The summed E-state index contributed by atoms with van der Waals surface area (Å²) in [6, 6.07) is 11.0. The molecule has 2 atom stereocenters. The highest BCUT2D eigenvalue weighted by atomic mass is 32.2. The zero-order chi connectivity index (χ0) is 22.0. The van der Waals surface area contributed by atoms with Crippen molar-refractivity contribution >= 4 is 16.9 Å². The third-order valence-corrected chi connectivity index (χ3v) is 7.08. The molecule has 0 spiro atoms. The van der Waals surface area contributed by atoms with Crippen LogP contribution in [0.1, 0.15) is 74.8 Å². The third kappa shape index (κ3) is 4.84. The zero-order valence-electron chi connectivity index (χ0n) is 18.2. The van der Waals surface area contributed by atoms with Crippen molar-refractivity contribution in [3.8, 4) is 16.9 Å². The summed E-state index contributed by atoms with van der Waals surface area (Å²) in [4.78, 5) is 12.5. The van der Waals surface area contributed by atoms with Gasteiger partial charge in [-0.3, -0.25) is 9.52 Å². The van der Waals surface area contributed by atoms with Crippen molar-refractivity contribution in [3.05, 3.63) is 53.3 Å². The van der Waals surface area contributed by atoms with Crippen LogP contribution in [0.4, 0.5) is 4.39 Å². The second-order valence-electron chi connectivity index (χ2n) is 8.75. The molecule has 4 nitrogen and oxygen atoms in total. The number of hydrogen-bond donors (Lipinski definition) is 1. The van der Waals surface area contributed by atoms with E-state index in [2.05, 4.69) is 4.72 Å². The Morgan fingerprint density at radius 3 is 2.48 bits per heavy atom. The summed E-state index contributed by atoms with van der Waals surface area (Å²) in [6.45, 7) is 1.79. The van der Waals surface area contributed by atoms with Gasteiger partial charge in [0.15, 0.2) is 0 Å². The van der Waals surface area contributed by atoms with E-state index in [1.165, 1.54) is 12.3 Å². The van der Waals surface area contributed by atoms with E-state index >= 15 is 0 Å². The molecule has 0 heterocycles. The van der Waals surface area contributed by atoms with E-state index in [0.29, 0.717) is 0 Å². The molecule has 2 fully saturated rings. The summed E-state index contributed by atoms with van der Waals surface area (Å²) in [5.74, 6) is 0.0149. The molecule has 0 aliphatic heterocycles. The highest BCUT2D eigenvalue weighted by molar-refractivity contribution is 7.82. The average Bonchev–Trinajstić information content (AvgIpc) is 3.20. The largest absolute Gasteiger partial charge is 0.490 e. The SMILES string of the molecule is CC(C(=O)NS(C)=O)c1ccc(OC2CCCC2)c(-c2cccc(F)c2C2CCC2)c1. The van der Waals surface area contributed by atoms with Crippen LogP contribution >= 0.6 is 0 Å². The van der Waals surface area contributed by atoms with Gasteiger partial charge in [0.05, 0.1) is 12.0 Å². The van der Waals surface area contributed by atoms with Crippen LogP contribution in [0.2, 0.25) is 0 Å². The minimum Gasteiger partial charge on any atom is -0.490 e. The number of carbonyl (C=O) groups is 1. The second-order valence-corrected chi connectivity index (χ2v) is 9.86. The lowest BCUT2D eigenvalue weighted by Crippen LogP contribution is -2.29. The van der Waals surface area contributed by atoms with Crippen molar-refractivity contribution in [1.29, 1.82) is 0 Å². The van der Waals surface area contributed by atoms with Gasteiger partial charge in [-0.15, -0.1) is 0 Å². The number of halogens is 1. The molecule has 2 unspecified atom stereocenters. The highest BCUT2D eigenvalue weighted by Crippen LogP contribution is 2.45. The first-order chi connectivity index (χ1) is 14.9. The zero-order valence-corrected chi connectivity index (χ0v) is 19.0. The molecule has 4 rings (SSSR count). The first kappa shape index (κ1) is 22.0. The maximum atomic E-state index is 14.9. The van der Waals surface area contributed by atoms with E-state index in [1.807, 2.05) is 24.3 Å². The lowest BCUT2D eigenvalue weighted by atomic mass is 9.76. The van der Waals surface area contributed by atoms with Crippen molar-refractivity contribution < 1.29 is 18.1 Å². The Hall–Kier alpha value is -2.21. The minimum atomic E-state index is -1.42. The Bertz CT molecular complexity index is 983. The van der Waals surface area contributed by atoms with Crippen molar-refractivity contribution in [2.24, 2.45) is 0 Å². The van der Waals surface area contributed by atoms with Crippen LogP contribution in [0.5, 0.6) is 5.75 Å². The summed E-state index contributed by atoms with van der Waals surface area (Å²) in [5, 5.41) is 0. The maximum absolute atomic E-state index is 14.9. The smallest absolute Gasteiger partial charge is 0.238 e. The van der Waals surface area contributed by atoms with Crippen LogP contribution < -0.4 is 9.46 Å². The molecule has 2 aliphatic rings. The van der Waals surface area contributed by atoms with Crippen molar-refractivity contribution in [3.63, 3.8) is 0 Å². The van der Waals surface area contributed by atoms with Crippen LogP contribution in [-0.4, -0.2) is 22.5 Å². The molecular weight excluding hydrogens is 413 g/mol. The number of amides is 1. The second kappa shape index (κ2) is 9.51. The van der Waals surface area contributed by atoms with Crippen molar-refractivity contribution in [1.82, 2.24) is 4.72 Å². The molecule has 166 valence electrons. The number of hydrogen-bond acceptors (Lipinski definition) is 3. The number of benzene rings is 2. The molecule has 6 heteroatoms. The third-order valence-electron chi connectivity index (χ3n) is 6.59. The Morgan fingerprint density at radius 2 is 1.84 bits per heavy atom. The maximum Gasteiger partial charge on any atom is 0.238 e. The van der Waals surface area contributed by atoms with Gasteiger partial charge in [-0.05, 0) is 86.3 Å². The van der Waals surface area contributed by atoms with E-state index in [-0.39, 0.29) is 23.7 Å². The minimum absolute atomic E-state index is 0.174. The number of ether oxygens (including phenoxy) is 1. The standard InChI is InChI=1S/C25H30FNO3S/c1-16(25(28)27-31(2)29)18-13-14-23(30-19-9-3-4-10-19)21(15-18)20-11-6-12-22(26)24(20)17-7-5-8-17/h6,11-17,19H,3-5,7-10H2,1-2H3,(H,27,28). The Kier molecular flexibility index (Phi) is 6.75. The van der Waals surface area contributed by atoms with Crippen LogP contribution in [0.3, 0.4) is 0 Å². The lowest BCUT2D eigenvalue weighted by Gasteiger charge is -2.29. The molecule has 1 amide bonds. The van der Waals surface area contributed by atoms with E-state index in [0.717, 1.165) is 72.9 Å². The van der Waals surface area contributed by atoms with Gasteiger partial charge in [0.1, 0.15) is 22.6 Å². The lowest BCUT2D eigenvalue weighted by molar-refractivity contribution is -0.120. The molecule has 0 aromatic heterocycles. The fourth-order valence-electron chi connectivity index (χ4n) is 4.58. The summed E-state index contributed by atoms with van der Waals surface area (Å²) in [6.07, 6.45) is 9.10. The summed E-state index contributed by atoms with van der Waals surface area (Å²) in [5.41, 5.74) is 3.24. The Morgan fingerprint density at radius 1 is 1.10 bits per heavy atom. The van der Waals surface area contributed by atoms with Crippen LogP contribution in [0.15, 0.2) is 36.4 Å². The van der Waals surface area contributed by atoms with Crippen molar-refractivity contribution in [2.75, 3.05) is 6.26 Å². The molecule has 0 radical (unpaired) electrons. The van der Waals surface area contributed by atoms with Crippen LogP contribution in [0.25, 0.3) is 11.1 Å². The predicted octanol–water partition coefficient (Wildman–Crippen LogP) is 5.59. The molecule has 2 aliphatic carbocycles. The van der Waals surface area contributed by atoms with Crippen LogP contribution in [-0.2, 0) is 15.8 Å². The highest BCUT2D eigenvalue weighted by Gasteiger charge is 2.28. The molecule has 31 heavy (non-hydrogen) atoms. The van der Waals surface area contributed by atoms with Gasteiger partial charge >= 0.3 is 0 Å². The topological polar surface area (TPSA) is 55.4 Å². The fraction of sp³-hybridized carbons (Fsp3) is 0.480. The number of rotatable bonds is 7. The first-order valence-corrected chi connectivity index (χ1v) is 12.7. The van der Waals surface area contributed by atoms with Gasteiger partial charge in [-0.2, -0.15) is 0 Å². The van der Waals surface area contributed by atoms with E-state index in [9.17, 15) is 13.4 Å². The number of carbonyl (C=O) groups excluding carboxylic acids is 1. The quantitative estimate of drug-likeness (QED) is 0.606. The molecule has 1 N–H and O–H groups in total. The number of nitrogens with one attached hydrogen (secondary N) is 1. The Labute approximate surface area is 186 Å². The molecule has 2 aromatic carbocycles. The molecule has 2 saturated carbocycles. The van der Waals surface area contributed by atoms with Gasteiger partial charge in [0.25, 0.3) is 0 Å². The van der Waals surface area contributed by atoms with Crippen LogP contribution in [0, 0.1) is 5.82 Å². The predicted molar refractivity (Wildman–Crippen MR) is 122 cm³/mol.